The number of nitrogens with zero attached hydrogens (tertiary/aromatic N) is 3. The van der Waals surface area contributed by atoms with Gasteiger partial charge in [0.15, 0.2) is 0 Å². The number of carbonyl (C=O) groups is 1. The summed E-state index contributed by atoms with van der Waals surface area (Å²) in [4.78, 5) is 22.8. The summed E-state index contributed by atoms with van der Waals surface area (Å²) in [7, 11) is 2.60. The third-order valence-electron chi connectivity index (χ3n) is 3.37. The van der Waals surface area contributed by atoms with E-state index >= 15 is 0 Å². The highest BCUT2D eigenvalue weighted by molar-refractivity contribution is 6.00. The van der Waals surface area contributed by atoms with Gasteiger partial charge in [0.05, 0.1) is 23.3 Å². The Labute approximate surface area is 131 Å². The number of aryl methyl sites for hydroxylation is 2. The third kappa shape index (κ3) is 2.86. The molecule has 0 radical (unpaired) electrons. The zero-order valence-corrected chi connectivity index (χ0v) is 13.1. The molecule has 0 atom stereocenters. The number of rotatable bonds is 4. The fourth-order valence-corrected chi connectivity index (χ4v) is 2.43. The van der Waals surface area contributed by atoms with Gasteiger partial charge in [-0.3, -0.25) is 10.1 Å². The van der Waals surface area contributed by atoms with Crippen molar-refractivity contribution in [2.45, 2.75) is 13.8 Å². The maximum absolute atomic E-state index is 12.0. The van der Waals surface area contributed by atoms with E-state index in [1.165, 1.54) is 26.3 Å². The van der Waals surface area contributed by atoms with E-state index in [9.17, 15) is 14.9 Å². The summed E-state index contributed by atoms with van der Waals surface area (Å²) in [5, 5.41) is 16.3. The molecule has 0 aliphatic heterocycles. The fraction of sp³-hybridized carbons (Fsp3) is 0.286. The Morgan fingerprint density at radius 3 is 2.52 bits per heavy atom. The lowest BCUT2D eigenvalue weighted by molar-refractivity contribution is -0.384. The summed E-state index contributed by atoms with van der Waals surface area (Å²) in [6.07, 6.45) is 0. The molecule has 2 N–H and O–H groups in total. The number of methoxy groups -OCH3 is 1. The Kier molecular flexibility index (Phi) is 4.32. The number of carbonyl (C=O) groups excluding carboxylic acids is 1. The van der Waals surface area contributed by atoms with Gasteiger partial charge in [-0.1, -0.05) is 5.16 Å². The lowest BCUT2D eigenvalue weighted by Crippen LogP contribution is -2.28. The summed E-state index contributed by atoms with van der Waals surface area (Å²) < 4.78 is 9.80. The van der Waals surface area contributed by atoms with Crippen molar-refractivity contribution in [2.75, 3.05) is 19.2 Å². The minimum absolute atomic E-state index is 0.0123. The molecule has 0 aliphatic carbocycles. The first-order valence-corrected chi connectivity index (χ1v) is 6.60. The third-order valence-corrected chi connectivity index (χ3v) is 3.37. The second kappa shape index (κ2) is 6.05. The molecule has 9 nitrogen and oxygen atoms in total. The number of hydrazine groups is 1. The van der Waals surface area contributed by atoms with E-state index in [0.29, 0.717) is 22.6 Å². The van der Waals surface area contributed by atoms with Gasteiger partial charge in [0.2, 0.25) is 0 Å². The molecule has 0 fully saturated rings. The van der Waals surface area contributed by atoms with Crippen molar-refractivity contribution in [3.63, 3.8) is 0 Å². The number of esters is 1. The molecule has 2 rings (SSSR count). The first-order valence-electron chi connectivity index (χ1n) is 6.60. The number of nitro benzene ring substituents is 1. The van der Waals surface area contributed by atoms with E-state index in [-0.39, 0.29) is 16.9 Å². The van der Waals surface area contributed by atoms with Crippen LogP contribution in [-0.4, -0.2) is 30.2 Å². The fourth-order valence-electron chi connectivity index (χ4n) is 2.43. The molecule has 0 saturated heterocycles. The van der Waals surface area contributed by atoms with Crippen LogP contribution in [0.4, 0.5) is 11.4 Å². The average molecular weight is 320 g/mol. The van der Waals surface area contributed by atoms with Gasteiger partial charge in [-0.15, -0.1) is 0 Å². The van der Waals surface area contributed by atoms with Crippen molar-refractivity contribution in [3.8, 4) is 11.1 Å². The highest BCUT2D eigenvalue weighted by atomic mass is 16.6. The molecular formula is C14H16N4O5. The van der Waals surface area contributed by atoms with Gasteiger partial charge in [0, 0.05) is 18.7 Å². The normalized spacial score (nSPS) is 10.5. The van der Waals surface area contributed by atoms with Crippen LogP contribution in [-0.2, 0) is 4.74 Å². The Morgan fingerprint density at radius 2 is 2.09 bits per heavy atom. The van der Waals surface area contributed by atoms with Crippen molar-refractivity contribution in [1.29, 1.82) is 0 Å². The van der Waals surface area contributed by atoms with Crippen LogP contribution in [0.15, 0.2) is 16.7 Å². The van der Waals surface area contributed by atoms with Gasteiger partial charge in [-0.25, -0.2) is 10.6 Å². The maximum Gasteiger partial charge on any atom is 0.340 e. The molecule has 0 amide bonds. The molecule has 2 aromatic rings. The summed E-state index contributed by atoms with van der Waals surface area (Å²) in [6, 6.07) is 2.81. The van der Waals surface area contributed by atoms with Gasteiger partial charge in [-0.2, -0.15) is 0 Å². The number of anilines is 1. The highest BCUT2D eigenvalue weighted by Gasteiger charge is 2.28. The highest BCUT2D eigenvalue weighted by Crippen LogP contribution is 2.37. The Bertz CT molecular complexity index is 762. The maximum atomic E-state index is 12.0. The first-order chi connectivity index (χ1) is 10.8. The van der Waals surface area contributed by atoms with Crippen molar-refractivity contribution in [2.24, 2.45) is 5.84 Å². The van der Waals surface area contributed by atoms with Crippen LogP contribution in [0.25, 0.3) is 11.1 Å². The van der Waals surface area contributed by atoms with Crippen LogP contribution in [0, 0.1) is 24.0 Å². The number of ether oxygens (including phenoxy) is 1. The number of hydrogen-bond acceptors (Lipinski definition) is 8. The average Bonchev–Trinajstić information content (AvgIpc) is 2.83. The van der Waals surface area contributed by atoms with Gasteiger partial charge >= 0.3 is 5.97 Å². The molecule has 1 aromatic heterocycles. The SMILES string of the molecule is COC(=O)c1cc(-c2c(C)noc2C)cc([N+](=O)[O-])c1N(C)N. The van der Waals surface area contributed by atoms with Crippen LogP contribution in [0.5, 0.6) is 0 Å². The Balaban J connectivity index is 2.84. The van der Waals surface area contributed by atoms with Crippen LogP contribution in [0.2, 0.25) is 0 Å². The van der Waals surface area contributed by atoms with E-state index in [1.54, 1.807) is 13.8 Å². The number of aromatic nitrogens is 1. The Hall–Kier alpha value is -2.94. The number of benzene rings is 1. The standard InChI is InChI=1S/C14H16N4O5/c1-7-12(8(2)23-16-7)9-5-10(14(19)22-4)13(17(3)15)11(6-9)18(20)21/h5-6H,15H2,1-4H3. The van der Waals surface area contributed by atoms with Gasteiger partial charge in [0.1, 0.15) is 11.4 Å². The molecule has 0 bridgehead atoms. The molecular weight excluding hydrogens is 304 g/mol. The number of nitrogens with two attached hydrogens (primary N) is 1. The van der Waals surface area contributed by atoms with Crippen molar-refractivity contribution in [3.05, 3.63) is 39.3 Å². The van der Waals surface area contributed by atoms with Gasteiger partial charge in [-0.05, 0) is 25.5 Å². The first kappa shape index (κ1) is 16.4. The van der Waals surface area contributed by atoms with E-state index in [0.717, 1.165) is 5.01 Å². The van der Waals surface area contributed by atoms with Gasteiger partial charge < -0.3 is 14.3 Å². The molecule has 9 heteroatoms. The molecule has 0 spiro atoms. The smallest absolute Gasteiger partial charge is 0.340 e. The van der Waals surface area contributed by atoms with E-state index in [1.807, 2.05) is 0 Å². The van der Waals surface area contributed by atoms with E-state index in [2.05, 4.69) is 5.16 Å². The lowest BCUT2D eigenvalue weighted by Gasteiger charge is -2.17. The largest absolute Gasteiger partial charge is 0.465 e. The molecule has 23 heavy (non-hydrogen) atoms. The van der Waals surface area contributed by atoms with Crippen molar-refractivity contribution < 1.29 is 19.0 Å². The quantitative estimate of drug-likeness (QED) is 0.392. The second-order valence-corrected chi connectivity index (χ2v) is 4.95. The second-order valence-electron chi connectivity index (χ2n) is 4.95. The molecule has 1 aromatic carbocycles. The topological polar surface area (TPSA) is 125 Å². The monoisotopic (exact) mass is 320 g/mol. The summed E-state index contributed by atoms with van der Waals surface area (Å²) in [5.41, 5.74) is 1.22. The minimum Gasteiger partial charge on any atom is -0.465 e. The number of hydrogen-bond donors (Lipinski definition) is 1. The lowest BCUT2D eigenvalue weighted by atomic mass is 9.99. The predicted molar refractivity (Wildman–Crippen MR) is 82.0 cm³/mol. The van der Waals surface area contributed by atoms with Crippen LogP contribution < -0.4 is 10.9 Å². The van der Waals surface area contributed by atoms with Crippen LogP contribution >= 0.6 is 0 Å². The molecule has 0 unspecified atom stereocenters. The van der Waals surface area contributed by atoms with Crippen LogP contribution in [0.1, 0.15) is 21.8 Å². The van der Waals surface area contributed by atoms with Crippen molar-refractivity contribution >= 4 is 17.3 Å². The summed E-state index contributed by atoms with van der Waals surface area (Å²) >= 11 is 0. The predicted octanol–water partition coefficient (Wildman–Crippen LogP) is 1.96. The van der Waals surface area contributed by atoms with Gasteiger partial charge in [0.25, 0.3) is 5.69 Å². The molecule has 0 aliphatic rings. The summed E-state index contributed by atoms with van der Waals surface area (Å²) in [6.45, 7) is 3.39. The van der Waals surface area contributed by atoms with E-state index in [4.69, 9.17) is 15.1 Å². The molecule has 0 saturated carbocycles. The zero-order chi connectivity index (χ0) is 17.3. The molecule has 122 valence electrons. The van der Waals surface area contributed by atoms with Crippen molar-refractivity contribution in [1.82, 2.24) is 5.16 Å². The number of nitro groups is 1. The zero-order valence-electron chi connectivity index (χ0n) is 13.1. The molecule has 1 heterocycles. The van der Waals surface area contributed by atoms with E-state index < -0.39 is 10.9 Å². The summed E-state index contributed by atoms with van der Waals surface area (Å²) in [5.74, 6) is 5.42. The van der Waals surface area contributed by atoms with Crippen LogP contribution in [0.3, 0.4) is 0 Å². The Morgan fingerprint density at radius 1 is 1.43 bits per heavy atom. The minimum atomic E-state index is -0.728.